The first-order valence-corrected chi connectivity index (χ1v) is 7.04. The van der Waals surface area contributed by atoms with Crippen molar-refractivity contribution in [2.45, 2.75) is 27.2 Å². The Morgan fingerprint density at radius 2 is 2.22 bits per heavy atom. The lowest BCUT2D eigenvalue weighted by Gasteiger charge is -2.27. The van der Waals surface area contributed by atoms with Crippen molar-refractivity contribution in [3.8, 4) is 0 Å². The third-order valence-corrected chi connectivity index (χ3v) is 3.70. The molecule has 0 aromatic heterocycles. The van der Waals surface area contributed by atoms with E-state index >= 15 is 0 Å². The van der Waals surface area contributed by atoms with E-state index in [1.54, 1.807) is 29.7 Å². The zero-order valence-electron chi connectivity index (χ0n) is 11.3. The number of carbonyl (C=O) groups is 1. The Kier molecular flexibility index (Phi) is 5.92. The fourth-order valence-electron chi connectivity index (χ4n) is 1.63. The van der Waals surface area contributed by atoms with Crippen LogP contribution >= 0.6 is 11.8 Å². The topological polar surface area (TPSA) is 32.7 Å². The fraction of sp³-hybridized carbons (Fsp3) is 0.429. The number of amidine groups is 1. The normalized spacial score (nSPS) is 17.2. The molecule has 3 nitrogen and oxygen atoms in total. The molecule has 0 bridgehead atoms. The maximum atomic E-state index is 11.9. The van der Waals surface area contributed by atoms with Gasteiger partial charge in [0.05, 0.1) is 5.70 Å². The van der Waals surface area contributed by atoms with Gasteiger partial charge in [-0.25, -0.2) is 0 Å². The van der Waals surface area contributed by atoms with Crippen molar-refractivity contribution in [1.29, 1.82) is 0 Å². The van der Waals surface area contributed by atoms with Crippen LogP contribution in [-0.4, -0.2) is 28.3 Å². The first kappa shape index (κ1) is 14.8. The van der Waals surface area contributed by atoms with E-state index in [0.29, 0.717) is 0 Å². The van der Waals surface area contributed by atoms with Crippen molar-refractivity contribution in [1.82, 2.24) is 4.90 Å². The van der Waals surface area contributed by atoms with E-state index in [1.807, 2.05) is 26.0 Å². The standard InChI is InChI=1S/C14H20N2OS/c1-5-8-13(11(3)6-2)16(12(4)17)14-15-9-7-10-18-14/h5-6,8H,1,7,9-10H2,2-4H3/b11-6-,13-8+. The monoisotopic (exact) mass is 264 g/mol. The zero-order valence-corrected chi connectivity index (χ0v) is 12.1. The number of nitrogens with zero attached hydrogens (tertiary/aromatic N) is 2. The Morgan fingerprint density at radius 3 is 2.67 bits per heavy atom. The van der Waals surface area contributed by atoms with E-state index in [4.69, 9.17) is 0 Å². The summed E-state index contributed by atoms with van der Waals surface area (Å²) in [6.07, 6.45) is 6.61. The van der Waals surface area contributed by atoms with Crippen molar-refractivity contribution in [3.05, 3.63) is 36.1 Å². The molecular formula is C14H20N2OS. The van der Waals surface area contributed by atoms with E-state index < -0.39 is 0 Å². The molecule has 0 aromatic carbocycles. The summed E-state index contributed by atoms with van der Waals surface area (Å²) in [7, 11) is 0. The number of allylic oxidation sites excluding steroid dienone is 4. The SMILES string of the molecule is C=C/C=C(\C(C)=C/C)N(C(C)=O)C1=NCCCS1. The maximum Gasteiger partial charge on any atom is 0.230 e. The van der Waals surface area contributed by atoms with Gasteiger partial charge in [-0.1, -0.05) is 30.5 Å². The summed E-state index contributed by atoms with van der Waals surface area (Å²) in [6.45, 7) is 10.0. The second-order valence-electron chi connectivity index (χ2n) is 3.98. The lowest BCUT2D eigenvalue weighted by Crippen LogP contribution is -2.34. The van der Waals surface area contributed by atoms with Gasteiger partial charge in [0, 0.05) is 19.2 Å². The van der Waals surface area contributed by atoms with Gasteiger partial charge in [0.1, 0.15) is 0 Å². The van der Waals surface area contributed by atoms with Gasteiger partial charge in [-0.05, 0) is 31.9 Å². The largest absolute Gasteiger partial charge is 0.274 e. The molecule has 0 N–H and O–H groups in total. The minimum atomic E-state index is -0.0163. The summed E-state index contributed by atoms with van der Waals surface area (Å²) in [5, 5.41) is 0.794. The van der Waals surface area contributed by atoms with Gasteiger partial charge in [0.25, 0.3) is 0 Å². The average Bonchev–Trinajstić information content (AvgIpc) is 2.38. The van der Waals surface area contributed by atoms with Gasteiger partial charge in [-0.2, -0.15) is 0 Å². The Morgan fingerprint density at radius 1 is 1.50 bits per heavy atom. The molecule has 1 amide bonds. The first-order chi connectivity index (χ1) is 8.61. The van der Waals surface area contributed by atoms with Crippen molar-refractivity contribution in [2.24, 2.45) is 4.99 Å². The predicted octanol–water partition coefficient (Wildman–Crippen LogP) is 3.36. The number of aliphatic imine (C=N–C) groups is 1. The molecule has 0 atom stereocenters. The molecule has 0 radical (unpaired) electrons. The minimum absolute atomic E-state index is 0.0163. The van der Waals surface area contributed by atoms with E-state index in [1.165, 1.54) is 0 Å². The molecule has 0 fully saturated rings. The molecule has 0 unspecified atom stereocenters. The van der Waals surface area contributed by atoms with Crippen LogP contribution in [0.4, 0.5) is 0 Å². The number of hydrogen-bond acceptors (Lipinski definition) is 3. The number of thioether (sulfide) groups is 1. The molecule has 4 heteroatoms. The van der Waals surface area contributed by atoms with Crippen LogP contribution in [0.1, 0.15) is 27.2 Å². The molecule has 0 saturated heterocycles. The molecular weight excluding hydrogens is 244 g/mol. The van der Waals surface area contributed by atoms with Crippen LogP contribution in [0.25, 0.3) is 0 Å². The van der Waals surface area contributed by atoms with Crippen LogP contribution in [0.2, 0.25) is 0 Å². The summed E-state index contributed by atoms with van der Waals surface area (Å²) in [5.41, 5.74) is 1.90. The molecule has 1 heterocycles. The van der Waals surface area contributed by atoms with Crippen LogP contribution in [0, 0.1) is 0 Å². The van der Waals surface area contributed by atoms with E-state index in [9.17, 15) is 4.79 Å². The third-order valence-electron chi connectivity index (χ3n) is 2.64. The number of amides is 1. The second kappa shape index (κ2) is 7.21. The zero-order chi connectivity index (χ0) is 13.5. The smallest absolute Gasteiger partial charge is 0.230 e. The first-order valence-electron chi connectivity index (χ1n) is 6.05. The summed E-state index contributed by atoms with van der Waals surface area (Å²) >= 11 is 1.63. The third kappa shape index (κ3) is 3.60. The van der Waals surface area contributed by atoms with Crippen LogP contribution in [-0.2, 0) is 4.79 Å². The highest BCUT2D eigenvalue weighted by Crippen LogP contribution is 2.24. The van der Waals surface area contributed by atoms with Gasteiger partial charge in [0.2, 0.25) is 5.91 Å². The van der Waals surface area contributed by atoms with Gasteiger partial charge in [-0.15, -0.1) is 0 Å². The fourth-order valence-corrected chi connectivity index (χ4v) is 2.63. The summed E-state index contributed by atoms with van der Waals surface area (Å²) < 4.78 is 0. The average molecular weight is 264 g/mol. The second-order valence-corrected chi connectivity index (χ2v) is 5.04. The summed E-state index contributed by atoms with van der Waals surface area (Å²) in [5.74, 6) is 0.997. The van der Waals surface area contributed by atoms with Gasteiger partial charge in [0.15, 0.2) is 5.17 Å². The highest BCUT2D eigenvalue weighted by Gasteiger charge is 2.22. The van der Waals surface area contributed by atoms with E-state index in [0.717, 1.165) is 35.2 Å². The molecule has 0 aliphatic carbocycles. The number of hydrogen-bond donors (Lipinski definition) is 0. The van der Waals surface area contributed by atoms with Crippen LogP contribution in [0.3, 0.4) is 0 Å². The van der Waals surface area contributed by atoms with Crippen LogP contribution in [0.5, 0.6) is 0 Å². The molecule has 0 spiro atoms. The molecule has 0 saturated carbocycles. The number of carbonyl (C=O) groups excluding carboxylic acids is 1. The molecule has 1 aliphatic rings. The van der Waals surface area contributed by atoms with E-state index in [2.05, 4.69) is 11.6 Å². The highest BCUT2D eigenvalue weighted by atomic mass is 32.2. The number of rotatable bonds is 3. The van der Waals surface area contributed by atoms with Crippen molar-refractivity contribution in [2.75, 3.05) is 12.3 Å². The molecule has 98 valence electrons. The lowest BCUT2D eigenvalue weighted by atomic mass is 10.1. The van der Waals surface area contributed by atoms with Crippen molar-refractivity contribution in [3.63, 3.8) is 0 Å². The van der Waals surface area contributed by atoms with Crippen molar-refractivity contribution >= 4 is 22.8 Å². The molecule has 0 aromatic rings. The van der Waals surface area contributed by atoms with Gasteiger partial charge in [-0.3, -0.25) is 14.7 Å². The summed E-state index contributed by atoms with van der Waals surface area (Å²) in [6, 6.07) is 0. The quantitative estimate of drug-likeness (QED) is 0.732. The lowest BCUT2D eigenvalue weighted by molar-refractivity contribution is -0.123. The Hall–Kier alpha value is -1.29. The van der Waals surface area contributed by atoms with Crippen LogP contribution in [0.15, 0.2) is 41.1 Å². The summed E-state index contributed by atoms with van der Waals surface area (Å²) in [4.78, 5) is 18.0. The Labute approximate surface area is 113 Å². The van der Waals surface area contributed by atoms with Gasteiger partial charge >= 0.3 is 0 Å². The predicted molar refractivity (Wildman–Crippen MR) is 79.6 cm³/mol. The Balaban J connectivity index is 3.17. The van der Waals surface area contributed by atoms with Gasteiger partial charge < -0.3 is 0 Å². The molecule has 1 rings (SSSR count). The Bertz CT molecular complexity index is 422. The maximum absolute atomic E-state index is 11.9. The minimum Gasteiger partial charge on any atom is -0.274 e. The van der Waals surface area contributed by atoms with Crippen LogP contribution < -0.4 is 0 Å². The molecule has 1 aliphatic heterocycles. The highest BCUT2D eigenvalue weighted by molar-refractivity contribution is 8.13. The molecule has 18 heavy (non-hydrogen) atoms. The van der Waals surface area contributed by atoms with E-state index in [-0.39, 0.29) is 5.91 Å². The van der Waals surface area contributed by atoms with Crippen molar-refractivity contribution < 1.29 is 4.79 Å².